The van der Waals surface area contributed by atoms with Crippen LogP contribution in [-0.4, -0.2) is 65.6 Å². The molecule has 0 unspecified atom stereocenters. The van der Waals surface area contributed by atoms with Gasteiger partial charge in [0.25, 0.3) is 10.0 Å². The van der Waals surface area contributed by atoms with Crippen molar-refractivity contribution in [3.05, 3.63) is 47.2 Å². The lowest BCUT2D eigenvalue weighted by Crippen LogP contribution is -2.52. The lowest BCUT2D eigenvalue weighted by atomic mass is 9.82. The van der Waals surface area contributed by atoms with Gasteiger partial charge in [-0.2, -0.15) is 13.2 Å². The Morgan fingerprint density at radius 1 is 1.14 bits per heavy atom. The van der Waals surface area contributed by atoms with Gasteiger partial charge in [0.05, 0.1) is 40.8 Å². The quantitative estimate of drug-likeness (QED) is 0.421. The summed E-state index contributed by atoms with van der Waals surface area (Å²) >= 11 is 5.70. The molecule has 0 spiro atoms. The first-order valence-electron chi connectivity index (χ1n) is 12.6. The minimum Gasteiger partial charge on any atom is -0.489 e. The van der Waals surface area contributed by atoms with Gasteiger partial charge in [0.15, 0.2) is 0 Å². The van der Waals surface area contributed by atoms with Crippen LogP contribution >= 0.6 is 11.6 Å². The third-order valence-electron chi connectivity index (χ3n) is 6.68. The number of carbonyl (C=O) groups is 2. The highest BCUT2D eigenvalue weighted by Gasteiger charge is 2.51. The van der Waals surface area contributed by atoms with Crippen molar-refractivity contribution in [2.75, 3.05) is 43.0 Å². The van der Waals surface area contributed by atoms with Crippen molar-refractivity contribution >= 4 is 45.0 Å². The van der Waals surface area contributed by atoms with Gasteiger partial charge in [-0.15, -0.1) is 0 Å². The predicted octanol–water partition coefficient (Wildman–Crippen LogP) is 5.12. The molecular weight excluding hydrogens is 610 g/mol. The van der Waals surface area contributed by atoms with E-state index in [-0.39, 0.29) is 51.5 Å². The van der Waals surface area contributed by atoms with E-state index in [2.05, 4.69) is 15.4 Å². The number of hydrogen-bond acceptors (Lipinski definition) is 7. The van der Waals surface area contributed by atoms with Gasteiger partial charge < -0.3 is 19.5 Å². The van der Waals surface area contributed by atoms with Crippen LogP contribution in [0, 0.1) is 11.2 Å². The summed E-state index contributed by atoms with van der Waals surface area (Å²) < 4.78 is 94.3. The normalized spacial score (nSPS) is 16.1. The highest BCUT2D eigenvalue weighted by molar-refractivity contribution is 7.92. The number of halogens is 5. The molecule has 0 atom stereocenters. The van der Waals surface area contributed by atoms with Crippen LogP contribution in [0.1, 0.15) is 27.2 Å². The van der Waals surface area contributed by atoms with Crippen LogP contribution in [0.3, 0.4) is 0 Å². The minimum absolute atomic E-state index is 0.00967. The van der Waals surface area contributed by atoms with Gasteiger partial charge in [0, 0.05) is 12.7 Å². The number of nitrogens with one attached hydrogen (secondary N) is 2. The third kappa shape index (κ3) is 7.01. The maximum Gasteiger partial charge on any atom is 0.427 e. The minimum atomic E-state index is -4.80. The molecule has 2 aromatic carbocycles. The standard InChI is InChI=1S/C19H17ClF4N2O5S.C7H13NO2/c1-18(2,19(22,23)24)31-17(27)25-11-3-6-16-15(9-11)26(7-8-30-16)32(28,29)12-4-5-14(21)13(20)10-12;1-3-7(4-10-5-7)6(9)8-2/h3-6,9-10H,7-8H2,1-2H3,(H,25,27);3-5H2,1-2H3,(H,8,9). The van der Waals surface area contributed by atoms with E-state index in [0.717, 1.165) is 28.9 Å². The summed E-state index contributed by atoms with van der Waals surface area (Å²) in [5.41, 5.74) is -2.96. The Morgan fingerprint density at radius 3 is 2.31 bits per heavy atom. The van der Waals surface area contributed by atoms with E-state index in [1.165, 1.54) is 18.2 Å². The van der Waals surface area contributed by atoms with Gasteiger partial charge in [-0.05, 0) is 56.7 Å². The second-order valence-electron chi connectivity index (χ2n) is 9.91. The first kappa shape index (κ1) is 33.2. The zero-order chi connectivity index (χ0) is 31.5. The fourth-order valence-corrected chi connectivity index (χ4v) is 5.55. The molecule has 10 nitrogen and oxygen atoms in total. The molecule has 232 valence electrons. The number of sulfonamides is 1. The van der Waals surface area contributed by atoms with Crippen LogP contribution < -0.4 is 19.7 Å². The maximum atomic E-state index is 13.5. The van der Waals surface area contributed by atoms with Crippen molar-refractivity contribution in [1.29, 1.82) is 0 Å². The zero-order valence-corrected chi connectivity index (χ0v) is 24.7. The smallest absolute Gasteiger partial charge is 0.427 e. The molecule has 0 aromatic heterocycles. The fraction of sp³-hybridized carbons (Fsp3) is 0.462. The van der Waals surface area contributed by atoms with Crippen molar-refractivity contribution in [3.63, 3.8) is 0 Å². The average molecular weight is 640 g/mol. The van der Waals surface area contributed by atoms with Crippen LogP contribution in [0.15, 0.2) is 41.3 Å². The molecule has 2 aliphatic rings. The van der Waals surface area contributed by atoms with E-state index in [1.54, 1.807) is 7.05 Å². The van der Waals surface area contributed by atoms with Gasteiger partial charge >= 0.3 is 12.3 Å². The largest absolute Gasteiger partial charge is 0.489 e. The molecule has 2 aromatic rings. The Bertz CT molecular complexity index is 1430. The molecular formula is C26H30ClF4N3O7S. The second kappa shape index (κ2) is 12.5. The number of rotatable bonds is 6. The summed E-state index contributed by atoms with van der Waals surface area (Å²) in [5.74, 6) is -0.524. The van der Waals surface area contributed by atoms with Crippen LogP contribution in [0.5, 0.6) is 5.75 Å². The molecule has 1 fully saturated rings. The Hall–Kier alpha value is -3.30. The van der Waals surface area contributed by atoms with Gasteiger partial charge in [-0.3, -0.25) is 14.4 Å². The average Bonchev–Trinajstić information content (AvgIpc) is 2.88. The first-order chi connectivity index (χ1) is 19.5. The van der Waals surface area contributed by atoms with Crippen LogP contribution in [0.4, 0.5) is 33.7 Å². The molecule has 0 bridgehead atoms. The molecule has 0 aliphatic carbocycles. The predicted molar refractivity (Wildman–Crippen MR) is 146 cm³/mol. The first-order valence-corrected chi connectivity index (χ1v) is 14.4. The summed E-state index contributed by atoms with van der Waals surface area (Å²) in [5, 5.41) is 4.40. The zero-order valence-electron chi connectivity index (χ0n) is 23.1. The number of carbonyl (C=O) groups excluding carboxylic acids is 2. The van der Waals surface area contributed by atoms with Crippen molar-refractivity contribution in [2.24, 2.45) is 5.41 Å². The number of nitrogens with zero attached hydrogens (tertiary/aromatic N) is 1. The van der Waals surface area contributed by atoms with Gasteiger partial charge in [-0.25, -0.2) is 17.6 Å². The molecule has 1 saturated heterocycles. The molecule has 2 aliphatic heterocycles. The molecule has 2 N–H and O–H groups in total. The maximum absolute atomic E-state index is 13.5. The van der Waals surface area contributed by atoms with E-state index in [4.69, 9.17) is 21.1 Å². The van der Waals surface area contributed by atoms with Crippen molar-refractivity contribution in [1.82, 2.24) is 5.32 Å². The molecule has 2 amide bonds. The van der Waals surface area contributed by atoms with Gasteiger partial charge in [0.1, 0.15) is 18.2 Å². The summed E-state index contributed by atoms with van der Waals surface area (Å²) in [4.78, 5) is 22.8. The highest BCUT2D eigenvalue weighted by atomic mass is 35.5. The summed E-state index contributed by atoms with van der Waals surface area (Å²) in [6.45, 7) is 4.46. The lowest BCUT2D eigenvalue weighted by Gasteiger charge is -2.38. The van der Waals surface area contributed by atoms with E-state index in [9.17, 15) is 35.6 Å². The van der Waals surface area contributed by atoms with Gasteiger partial charge in [0.2, 0.25) is 11.5 Å². The van der Waals surface area contributed by atoms with Crippen LogP contribution in [0.2, 0.25) is 5.02 Å². The Morgan fingerprint density at radius 2 is 1.81 bits per heavy atom. The number of fused-ring (bicyclic) bond motifs is 1. The van der Waals surface area contributed by atoms with Crippen molar-refractivity contribution < 1.29 is 49.8 Å². The molecule has 16 heteroatoms. The van der Waals surface area contributed by atoms with Crippen molar-refractivity contribution in [3.8, 4) is 5.75 Å². The highest BCUT2D eigenvalue weighted by Crippen LogP contribution is 2.38. The number of hydrogen-bond donors (Lipinski definition) is 2. The number of benzene rings is 2. The summed E-state index contributed by atoms with van der Waals surface area (Å²) in [6.07, 6.45) is -5.31. The molecule has 4 rings (SSSR count). The third-order valence-corrected chi connectivity index (χ3v) is 8.78. The lowest BCUT2D eigenvalue weighted by molar-refractivity contribution is -0.242. The van der Waals surface area contributed by atoms with E-state index in [0.29, 0.717) is 27.1 Å². The topological polar surface area (TPSA) is 123 Å². The van der Waals surface area contributed by atoms with E-state index < -0.39 is 33.7 Å². The Balaban J connectivity index is 0.000000408. The van der Waals surface area contributed by atoms with Gasteiger partial charge in [-0.1, -0.05) is 18.5 Å². The molecule has 0 saturated carbocycles. The van der Waals surface area contributed by atoms with Crippen LogP contribution in [0.25, 0.3) is 0 Å². The monoisotopic (exact) mass is 639 g/mol. The number of alkyl halides is 3. The van der Waals surface area contributed by atoms with Crippen molar-refractivity contribution in [2.45, 2.75) is 43.9 Å². The summed E-state index contributed by atoms with van der Waals surface area (Å²) in [6, 6.07) is 6.78. The number of anilines is 2. The van der Waals surface area contributed by atoms with Crippen LogP contribution in [-0.2, 0) is 24.3 Å². The Kier molecular flexibility index (Phi) is 9.89. The number of amides is 2. The molecule has 0 radical (unpaired) electrons. The fourth-order valence-electron chi connectivity index (χ4n) is 3.83. The molecule has 42 heavy (non-hydrogen) atoms. The SMILES string of the molecule is CC(C)(OC(=O)Nc1ccc2c(c1)N(S(=O)(=O)c1ccc(F)c(Cl)c1)CCO2)C(F)(F)F.CCC1(C(=O)NC)COC1. The molecule has 2 heterocycles. The summed E-state index contributed by atoms with van der Waals surface area (Å²) in [7, 11) is -2.53. The van der Waals surface area contributed by atoms with E-state index >= 15 is 0 Å². The Labute approximate surface area is 245 Å². The number of ether oxygens (including phenoxy) is 3. The van der Waals surface area contributed by atoms with E-state index in [1.807, 2.05) is 6.92 Å². The second-order valence-corrected chi connectivity index (χ2v) is 12.2.